The number of fused-ring (bicyclic) bond motifs is 9. The van der Waals surface area contributed by atoms with Crippen molar-refractivity contribution in [3.8, 4) is 5.69 Å². The molecule has 53 heavy (non-hydrogen) atoms. The number of furan rings is 2. The molecule has 0 amide bonds. The Morgan fingerprint density at radius 2 is 1.06 bits per heavy atom. The Hall–Kier alpha value is -6.98. The Bertz CT molecular complexity index is 3120. The lowest BCUT2D eigenvalue weighted by Crippen LogP contribution is -2.07. The second kappa shape index (κ2) is 11.5. The number of rotatable bonds is 4. The van der Waals surface area contributed by atoms with Gasteiger partial charge >= 0.3 is 0 Å². The molecule has 0 radical (unpaired) electrons. The number of hydrogen-bond donors (Lipinski definition) is 0. The van der Waals surface area contributed by atoms with Crippen molar-refractivity contribution < 1.29 is 8.83 Å². The maximum absolute atomic E-state index is 6.65. The van der Waals surface area contributed by atoms with Crippen molar-refractivity contribution in [2.24, 2.45) is 9.98 Å². The predicted octanol–water partition coefficient (Wildman–Crippen LogP) is 12.5. The van der Waals surface area contributed by atoms with Gasteiger partial charge in [0.1, 0.15) is 22.3 Å². The minimum absolute atomic E-state index is 0.138. The zero-order chi connectivity index (χ0) is 35.0. The minimum atomic E-state index is -0.138. The minimum Gasteiger partial charge on any atom is -0.456 e. The molecule has 0 aliphatic carbocycles. The largest absolute Gasteiger partial charge is 0.456 e. The lowest BCUT2D eigenvalue weighted by atomic mass is 9.94. The summed E-state index contributed by atoms with van der Waals surface area (Å²) in [6, 6.07) is 54.7. The predicted molar refractivity (Wildman–Crippen MR) is 218 cm³/mol. The topological polar surface area (TPSA) is 55.9 Å². The first-order valence-corrected chi connectivity index (χ1v) is 17.9. The van der Waals surface area contributed by atoms with Crippen molar-refractivity contribution in [3.63, 3.8) is 0 Å². The van der Waals surface area contributed by atoms with Crippen molar-refractivity contribution in [1.29, 1.82) is 0 Å². The van der Waals surface area contributed by atoms with Gasteiger partial charge < -0.3 is 13.4 Å². The highest BCUT2D eigenvalue weighted by molar-refractivity contribution is 6.22. The van der Waals surface area contributed by atoms with Crippen LogP contribution in [0.15, 0.2) is 189 Å². The van der Waals surface area contributed by atoms with Crippen LogP contribution in [0.4, 0.5) is 0 Å². The van der Waals surface area contributed by atoms with E-state index in [4.69, 9.17) is 18.8 Å². The number of aliphatic imine (C=N–C) groups is 2. The van der Waals surface area contributed by atoms with Gasteiger partial charge in [0.2, 0.25) is 0 Å². The second-order valence-electron chi connectivity index (χ2n) is 13.8. The molecule has 0 saturated heterocycles. The maximum atomic E-state index is 6.65. The van der Waals surface area contributed by atoms with Crippen molar-refractivity contribution in [2.45, 2.75) is 12.5 Å². The third kappa shape index (κ3) is 4.71. The summed E-state index contributed by atoms with van der Waals surface area (Å²) in [4.78, 5) is 10.6. The van der Waals surface area contributed by atoms with E-state index in [-0.39, 0.29) is 6.04 Å². The molecule has 0 spiro atoms. The average molecular weight is 682 g/mol. The Morgan fingerprint density at radius 1 is 0.509 bits per heavy atom. The number of amidine groups is 1. The van der Waals surface area contributed by atoms with Gasteiger partial charge in [0.25, 0.3) is 0 Å². The Morgan fingerprint density at radius 3 is 1.79 bits per heavy atom. The first-order valence-electron chi connectivity index (χ1n) is 17.9. The van der Waals surface area contributed by atoms with E-state index in [2.05, 4.69) is 145 Å². The highest BCUT2D eigenvalue weighted by Crippen LogP contribution is 2.37. The smallest absolute Gasteiger partial charge is 0.156 e. The molecule has 4 heterocycles. The molecule has 1 unspecified atom stereocenters. The summed E-state index contributed by atoms with van der Waals surface area (Å²) in [5, 5.41) is 6.77. The van der Waals surface area contributed by atoms with Crippen LogP contribution >= 0.6 is 0 Å². The van der Waals surface area contributed by atoms with Crippen molar-refractivity contribution in [2.75, 3.05) is 0 Å². The molecule has 5 nitrogen and oxygen atoms in total. The van der Waals surface area contributed by atoms with Gasteiger partial charge in [0, 0.05) is 61.6 Å². The summed E-state index contributed by atoms with van der Waals surface area (Å²) < 4.78 is 15.2. The van der Waals surface area contributed by atoms with Crippen LogP contribution in [-0.4, -0.2) is 16.1 Å². The van der Waals surface area contributed by atoms with Gasteiger partial charge in [-0.3, -0.25) is 4.99 Å². The zero-order valence-electron chi connectivity index (χ0n) is 28.7. The molecule has 0 bridgehead atoms. The summed E-state index contributed by atoms with van der Waals surface area (Å²) in [6.07, 6.45) is 0.638. The van der Waals surface area contributed by atoms with Gasteiger partial charge in [-0.05, 0) is 65.7 Å². The van der Waals surface area contributed by atoms with E-state index in [1.165, 1.54) is 21.8 Å². The SMILES string of the molecule is C=C1CC(c2ccccc2)N=C(c2ccc3c(c2)oc2ccccc23)N=C1c1ccc2c(c1)oc1cc(-n3c4ccccc4c4ccccc43)ccc12. The van der Waals surface area contributed by atoms with Crippen LogP contribution < -0.4 is 0 Å². The first kappa shape index (κ1) is 29.7. The van der Waals surface area contributed by atoms with E-state index in [0.29, 0.717) is 12.3 Å². The summed E-state index contributed by atoms with van der Waals surface area (Å²) in [5.41, 5.74) is 11.4. The van der Waals surface area contributed by atoms with Gasteiger partial charge in [-0.15, -0.1) is 0 Å². The van der Waals surface area contributed by atoms with E-state index in [9.17, 15) is 0 Å². The van der Waals surface area contributed by atoms with Crippen molar-refractivity contribution in [3.05, 3.63) is 187 Å². The van der Waals surface area contributed by atoms with Crippen LogP contribution in [-0.2, 0) is 0 Å². The lowest BCUT2D eigenvalue weighted by molar-refractivity contribution is 0.668. The number of aromatic nitrogens is 1. The van der Waals surface area contributed by atoms with Gasteiger partial charge in [-0.1, -0.05) is 104 Å². The molecular weight excluding hydrogens is 651 g/mol. The molecule has 0 fully saturated rings. The van der Waals surface area contributed by atoms with Crippen LogP contribution in [0.1, 0.15) is 29.2 Å². The van der Waals surface area contributed by atoms with Crippen molar-refractivity contribution >= 4 is 77.2 Å². The average Bonchev–Trinajstić information content (AvgIpc) is 3.83. The third-order valence-electron chi connectivity index (χ3n) is 10.7. The Kier molecular flexibility index (Phi) is 6.46. The third-order valence-corrected chi connectivity index (χ3v) is 10.7. The fourth-order valence-electron chi connectivity index (χ4n) is 8.13. The fraction of sp³-hybridized carbons (Fsp3) is 0.0417. The first-order chi connectivity index (χ1) is 26.2. The molecule has 10 aromatic rings. The summed E-state index contributed by atoms with van der Waals surface area (Å²) in [6.45, 7) is 4.57. The molecule has 3 aromatic heterocycles. The fourth-order valence-corrected chi connectivity index (χ4v) is 8.13. The summed E-state index contributed by atoms with van der Waals surface area (Å²) in [7, 11) is 0. The van der Waals surface area contributed by atoms with Crippen LogP contribution in [0.25, 0.3) is 71.4 Å². The number of hydrogen-bond acceptors (Lipinski definition) is 4. The highest BCUT2D eigenvalue weighted by atomic mass is 16.3. The standard InChI is InChI=1S/C48H31N3O2/c1-29-25-40(30-11-3-2-4-12-30)49-48(32-20-23-37-36-15-7-10-18-43(36)52-45(37)27-32)50-47(29)31-19-22-38-39-24-21-33(28-46(39)53-44(38)26-31)51-41-16-8-5-13-34(41)35-14-6-9-17-42(35)51/h2-24,26-28,40H,1,25H2. The van der Waals surface area contributed by atoms with E-state index in [1.54, 1.807) is 0 Å². The highest BCUT2D eigenvalue weighted by Gasteiger charge is 2.24. The lowest BCUT2D eigenvalue weighted by Gasteiger charge is -2.13. The van der Waals surface area contributed by atoms with Gasteiger partial charge in [-0.2, -0.15) is 0 Å². The van der Waals surface area contributed by atoms with E-state index in [1.807, 2.05) is 24.3 Å². The molecule has 1 aliphatic rings. The van der Waals surface area contributed by atoms with Crippen molar-refractivity contribution in [1.82, 2.24) is 4.57 Å². The van der Waals surface area contributed by atoms with E-state index in [0.717, 1.165) is 77.5 Å². The number of para-hydroxylation sites is 3. The molecule has 7 aromatic carbocycles. The summed E-state index contributed by atoms with van der Waals surface area (Å²) >= 11 is 0. The molecule has 0 saturated carbocycles. The van der Waals surface area contributed by atoms with Crippen LogP contribution in [0.2, 0.25) is 0 Å². The van der Waals surface area contributed by atoms with Gasteiger partial charge in [0.15, 0.2) is 5.84 Å². The quantitative estimate of drug-likeness (QED) is 0.186. The van der Waals surface area contributed by atoms with E-state index < -0.39 is 0 Å². The molecule has 1 aliphatic heterocycles. The van der Waals surface area contributed by atoms with Gasteiger partial charge in [0.05, 0.1) is 22.8 Å². The maximum Gasteiger partial charge on any atom is 0.156 e. The van der Waals surface area contributed by atoms with E-state index >= 15 is 0 Å². The molecule has 1 atom stereocenters. The van der Waals surface area contributed by atoms with Crippen LogP contribution in [0.3, 0.4) is 0 Å². The Labute approximate surface area is 304 Å². The summed E-state index contributed by atoms with van der Waals surface area (Å²) in [5.74, 6) is 0.648. The molecule has 11 rings (SSSR count). The van der Waals surface area contributed by atoms with Crippen LogP contribution in [0.5, 0.6) is 0 Å². The molecule has 0 N–H and O–H groups in total. The molecular formula is C48H31N3O2. The second-order valence-corrected chi connectivity index (χ2v) is 13.8. The zero-order valence-corrected chi connectivity index (χ0v) is 28.7. The van der Waals surface area contributed by atoms with Crippen LogP contribution in [0, 0.1) is 0 Å². The van der Waals surface area contributed by atoms with Gasteiger partial charge in [-0.25, -0.2) is 4.99 Å². The molecule has 250 valence electrons. The Balaban J connectivity index is 1.03. The number of nitrogens with zero attached hydrogens (tertiary/aromatic N) is 3. The normalized spacial score (nSPS) is 15.2. The number of benzene rings is 7. The monoisotopic (exact) mass is 681 g/mol. The molecule has 5 heteroatoms.